The molecule has 1 amide bonds. The number of benzene rings is 2. The Kier molecular flexibility index (Phi) is 3.15. The van der Waals surface area contributed by atoms with Crippen LogP contribution in [0.2, 0.25) is 0 Å². The van der Waals surface area contributed by atoms with Crippen LogP contribution in [-0.2, 0) is 4.79 Å². The van der Waals surface area contributed by atoms with Crippen molar-refractivity contribution in [3.8, 4) is 0 Å². The minimum Gasteiger partial charge on any atom is -0.345 e. The normalized spacial score (nSPS) is 21.7. The Morgan fingerprint density at radius 2 is 2.00 bits per heavy atom. The number of thioether (sulfide) groups is 1. The summed E-state index contributed by atoms with van der Waals surface area (Å²) in [5.74, 6) is 0.151. The minimum absolute atomic E-state index is 0.0177. The van der Waals surface area contributed by atoms with E-state index in [0.717, 1.165) is 22.3 Å². The third-order valence-corrected chi connectivity index (χ3v) is 5.27. The van der Waals surface area contributed by atoms with Gasteiger partial charge in [-0.15, -0.1) is 11.8 Å². The maximum Gasteiger partial charge on any atom is 0.241 e. The Hall–Kier alpha value is -2.27. The van der Waals surface area contributed by atoms with Crippen molar-refractivity contribution in [2.45, 2.75) is 17.5 Å². The molecule has 2 heterocycles. The van der Waals surface area contributed by atoms with E-state index in [1.807, 2.05) is 48.2 Å². The van der Waals surface area contributed by atoms with Crippen molar-refractivity contribution < 1.29 is 4.79 Å². The van der Waals surface area contributed by atoms with Crippen LogP contribution >= 0.6 is 11.8 Å². The molecule has 4 rings (SSSR count). The number of imidazole rings is 1. The number of H-pyrrole nitrogens is 1. The van der Waals surface area contributed by atoms with Crippen molar-refractivity contribution in [2.24, 2.45) is 0 Å². The molecule has 2 unspecified atom stereocenters. The van der Waals surface area contributed by atoms with Gasteiger partial charge in [0.1, 0.15) is 5.37 Å². The van der Waals surface area contributed by atoms with Crippen molar-refractivity contribution in [2.75, 3.05) is 4.90 Å². The number of nitrogens with zero attached hydrogens (tertiary/aromatic N) is 2. The molecule has 1 fully saturated rings. The van der Waals surface area contributed by atoms with Crippen LogP contribution in [0.15, 0.2) is 54.9 Å². The third kappa shape index (κ3) is 2.09. The lowest BCUT2D eigenvalue weighted by Gasteiger charge is -2.24. The molecule has 0 spiro atoms. The highest BCUT2D eigenvalue weighted by atomic mass is 32.2. The topological polar surface area (TPSA) is 49.0 Å². The Morgan fingerprint density at radius 3 is 2.82 bits per heavy atom. The fraction of sp³-hybridized carbons (Fsp3) is 0.176. The van der Waals surface area contributed by atoms with Gasteiger partial charge in [-0.2, -0.15) is 0 Å². The van der Waals surface area contributed by atoms with E-state index in [1.54, 1.807) is 18.1 Å². The van der Waals surface area contributed by atoms with Crippen LogP contribution in [-0.4, -0.2) is 21.1 Å². The number of anilines is 1. The van der Waals surface area contributed by atoms with Gasteiger partial charge in [-0.05, 0) is 30.7 Å². The summed E-state index contributed by atoms with van der Waals surface area (Å²) in [5, 5.41) is -0.0215. The highest BCUT2D eigenvalue weighted by Gasteiger charge is 2.39. The molecule has 5 heteroatoms. The van der Waals surface area contributed by atoms with Gasteiger partial charge in [0.15, 0.2) is 0 Å². The number of hydrogen-bond donors (Lipinski definition) is 1. The molecule has 1 aliphatic rings. The summed E-state index contributed by atoms with van der Waals surface area (Å²) >= 11 is 1.69. The van der Waals surface area contributed by atoms with Gasteiger partial charge in [0, 0.05) is 5.69 Å². The number of carbonyl (C=O) groups is 1. The molecule has 0 saturated carbocycles. The maximum atomic E-state index is 12.6. The quantitative estimate of drug-likeness (QED) is 0.784. The van der Waals surface area contributed by atoms with Crippen LogP contribution in [0.4, 0.5) is 5.69 Å². The van der Waals surface area contributed by atoms with Crippen molar-refractivity contribution in [3.63, 3.8) is 0 Å². The number of rotatable bonds is 2. The van der Waals surface area contributed by atoms with Crippen LogP contribution in [0.25, 0.3) is 11.0 Å². The van der Waals surface area contributed by atoms with Gasteiger partial charge in [0.05, 0.1) is 22.6 Å². The van der Waals surface area contributed by atoms with Crippen molar-refractivity contribution in [3.05, 3.63) is 60.4 Å². The average molecular weight is 309 g/mol. The molecule has 1 N–H and O–H groups in total. The fourth-order valence-corrected chi connectivity index (χ4v) is 4.08. The summed E-state index contributed by atoms with van der Waals surface area (Å²) in [6, 6.07) is 16.1. The molecule has 4 nitrogen and oxygen atoms in total. The molecule has 1 saturated heterocycles. The number of nitrogens with one attached hydrogen (secondary N) is 1. The first kappa shape index (κ1) is 13.4. The number of hydrogen-bond acceptors (Lipinski definition) is 3. The Labute approximate surface area is 132 Å². The van der Waals surface area contributed by atoms with Gasteiger partial charge in [-0.3, -0.25) is 9.69 Å². The lowest BCUT2D eigenvalue weighted by Crippen LogP contribution is -2.30. The zero-order valence-corrected chi connectivity index (χ0v) is 12.9. The molecule has 3 aromatic rings. The predicted molar refractivity (Wildman–Crippen MR) is 89.8 cm³/mol. The lowest BCUT2D eigenvalue weighted by atomic mass is 10.1. The third-order valence-electron chi connectivity index (χ3n) is 3.92. The molecular weight excluding hydrogens is 294 g/mol. The Morgan fingerprint density at radius 1 is 1.18 bits per heavy atom. The Balaban J connectivity index is 1.80. The summed E-state index contributed by atoms with van der Waals surface area (Å²) in [5.41, 5.74) is 3.91. The van der Waals surface area contributed by atoms with Crippen LogP contribution in [0.3, 0.4) is 0 Å². The van der Waals surface area contributed by atoms with Gasteiger partial charge < -0.3 is 4.98 Å². The largest absolute Gasteiger partial charge is 0.345 e. The highest BCUT2D eigenvalue weighted by molar-refractivity contribution is 8.01. The maximum absolute atomic E-state index is 12.6. The second-order valence-electron chi connectivity index (χ2n) is 5.35. The van der Waals surface area contributed by atoms with E-state index in [2.05, 4.69) is 22.1 Å². The fourth-order valence-electron chi connectivity index (χ4n) is 2.81. The molecule has 0 aliphatic carbocycles. The summed E-state index contributed by atoms with van der Waals surface area (Å²) in [6.07, 6.45) is 1.67. The summed E-state index contributed by atoms with van der Waals surface area (Å²) < 4.78 is 0. The van der Waals surface area contributed by atoms with E-state index in [-0.39, 0.29) is 16.5 Å². The van der Waals surface area contributed by atoms with E-state index >= 15 is 0 Å². The average Bonchev–Trinajstić information content (AvgIpc) is 3.13. The zero-order chi connectivity index (χ0) is 15.1. The smallest absolute Gasteiger partial charge is 0.241 e. The first-order valence-electron chi connectivity index (χ1n) is 7.20. The summed E-state index contributed by atoms with van der Waals surface area (Å²) in [4.78, 5) is 21.9. The summed E-state index contributed by atoms with van der Waals surface area (Å²) in [6.45, 7) is 1.97. The standard InChI is InChI=1S/C17H15N3OS/c1-11-16(21)20(17(22-11)12-5-3-2-4-6-12)13-7-8-14-15(9-13)19-10-18-14/h2-11,17H,1H3,(H,18,19). The highest BCUT2D eigenvalue weighted by Crippen LogP contribution is 2.45. The summed E-state index contributed by atoms with van der Waals surface area (Å²) in [7, 11) is 0. The minimum atomic E-state index is -0.0392. The van der Waals surface area contributed by atoms with Crippen LogP contribution in [0.5, 0.6) is 0 Å². The van der Waals surface area contributed by atoms with Crippen molar-refractivity contribution in [1.29, 1.82) is 0 Å². The molecule has 2 aromatic carbocycles. The number of carbonyl (C=O) groups excluding carboxylic acids is 1. The van der Waals surface area contributed by atoms with Crippen molar-refractivity contribution >= 4 is 34.4 Å². The number of aromatic amines is 1. The number of amides is 1. The van der Waals surface area contributed by atoms with Crippen LogP contribution in [0, 0.1) is 0 Å². The second kappa shape index (κ2) is 5.18. The van der Waals surface area contributed by atoms with E-state index < -0.39 is 0 Å². The molecule has 110 valence electrons. The van der Waals surface area contributed by atoms with E-state index in [0.29, 0.717) is 0 Å². The first-order chi connectivity index (χ1) is 10.7. The molecule has 1 aliphatic heterocycles. The van der Waals surface area contributed by atoms with E-state index in [1.165, 1.54) is 0 Å². The van der Waals surface area contributed by atoms with Gasteiger partial charge >= 0.3 is 0 Å². The molecule has 1 aromatic heterocycles. The van der Waals surface area contributed by atoms with Gasteiger partial charge in [0.25, 0.3) is 0 Å². The van der Waals surface area contributed by atoms with E-state index in [9.17, 15) is 4.79 Å². The molecule has 0 bridgehead atoms. The van der Waals surface area contributed by atoms with Crippen molar-refractivity contribution in [1.82, 2.24) is 9.97 Å². The monoisotopic (exact) mass is 309 g/mol. The van der Waals surface area contributed by atoms with Gasteiger partial charge in [-0.25, -0.2) is 4.98 Å². The molecule has 22 heavy (non-hydrogen) atoms. The Bertz CT molecular complexity index is 830. The van der Waals surface area contributed by atoms with Crippen LogP contribution < -0.4 is 4.90 Å². The second-order valence-corrected chi connectivity index (χ2v) is 6.78. The molecular formula is C17H15N3OS. The lowest BCUT2D eigenvalue weighted by molar-refractivity contribution is -0.117. The van der Waals surface area contributed by atoms with Gasteiger partial charge in [-0.1, -0.05) is 30.3 Å². The molecule has 2 atom stereocenters. The SMILES string of the molecule is CC1SC(c2ccccc2)N(c2ccc3nc[nH]c3c2)C1=O. The van der Waals surface area contributed by atoms with Gasteiger partial charge in [0.2, 0.25) is 5.91 Å². The predicted octanol–water partition coefficient (Wildman–Crippen LogP) is 3.73. The van der Waals surface area contributed by atoms with E-state index in [4.69, 9.17) is 0 Å². The number of fused-ring (bicyclic) bond motifs is 1. The number of aromatic nitrogens is 2. The zero-order valence-electron chi connectivity index (χ0n) is 12.1. The molecule has 0 radical (unpaired) electrons. The van der Waals surface area contributed by atoms with Crippen LogP contribution in [0.1, 0.15) is 17.9 Å². The first-order valence-corrected chi connectivity index (χ1v) is 8.15.